The van der Waals surface area contributed by atoms with Crippen LogP contribution in [0.25, 0.3) is 32.9 Å². The zero-order valence-corrected chi connectivity index (χ0v) is 20.5. The van der Waals surface area contributed by atoms with Crippen LogP contribution in [0.1, 0.15) is 32.1 Å². The normalized spacial score (nSPS) is 10.7. The Labute approximate surface area is 204 Å². The smallest absolute Gasteiger partial charge is 0.355 e. The number of nitrogens with one attached hydrogen (secondary N) is 2. The monoisotopic (exact) mass is 518 g/mol. The first-order chi connectivity index (χ1) is 16.3. The summed E-state index contributed by atoms with van der Waals surface area (Å²) in [6.07, 6.45) is 0. The molecule has 0 aliphatic carbocycles. The highest BCUT2D eigenvalue weighted by molar-refractivity contribution is 9.10. The number of hydrogen-bond donors (Lipinski definition) is 3. The van der Waals surface area contributed by atoms with Crippen LogP contribution in [-0.4, -0.2) is 34.1 Å². The molecular formula is C27H23BrN2O4. The number of hydrogen-bond acceptors (Lipinski definition) is 3. The van der Waals surface area contributed by atoms with Gasteiger partial charge in [-0.15, -0.1) is 0 Å². The van der Waals surface area contributed by atoms with Gasteiger partial charge in [0.25, 0.3) is 0 Å². The lowest BCUT2D eigenvalue weighted by molar-refractivity contribution is 0.0593. The fourth-order valence-corrected chi connectivity index (χ4v) is 4.59. The number of carboxylic acids is 1. The van der Waals surface area contributed by atoms with E-state index in [1.165, 1.54) is 7.11 Å². The predicted molar refractivity (Wildman–Crippen MR) is 138 cm³/mol. The summed E-state index contributed by atoms with van der Waals surface area (Å²) in [6, 6.07) is 21.4. The number of aromatic carboxylic acids is 1. The van der Waals surface area contributed by atoms with Gasteiger partial charge in [-0.25, -0.2) is 9.59 Å². The molecule has 0 unspecified atom stereocenters. The molecule has 5 aromatic rings. The topological polar surface area (TPSA) is 95.2 Å². The molecule has 0 fully saturated rings. The van der Waals surface area contributed by atoms with E-state index in [2.05, 4.69) is 30.6 Å². The standard InChI is InChI=1S/C16H13NO2.C11H10BrNO2/c1-10-6-5-9-12-13(11-7-3-2-4-8-11)15(16(18)19)17-14(10)12;1-6-4-3-5-7-8(12)10(11(14)15-2)13-9(6)7/h2-9,17H,1H3,(H,18,19);3-5,13H,1-2H3. The Hall–Kier alpha value is -3.84. The fourth-order valence-electron chi connectivity index (χ4n) is 4.00. The summed E-state index contributed by atoms with van der Waals surface area (Å²) in [6.45, 7) is 3.96. The number of aryl methyl sites for hydroxylation is 2. The second-order valence-electron chi connectivity index (χ2n) is 7.85. The first-order valence-corrected chi connectivity index (χ1v) is 11.4. The van der Waals surface area contributed by atoms with Crippen LogP contribution >= 0.6 is 15.9 Å². The second kappa shape index (κ2) is 9.57. The van der Waals surface area contributed by atoms with Crippen molar-refractivity contribution in [3.8, 4) is 11.1 Å². The third kappa shape index (κ3) is 4.22. The van der Waals surface area contributed by atoms with E-state index in [0.717, 1.165) is 48.5 Å². The van der Waals surface area contributed by atoms with E-state index in [9.17, 15) is 14.7 Å². The molecule has 5 rings (SSSR count). The van der Waals surface area contributed by atoms with Crippen LogP contribution in [0.2, 0.25) is 0 Å². The average Bonchev–Trinajstić information content (AvgIpc) is 3.40. The number of aromatic nitrogens is 2. The summed E-state index contributed by atoms with van der Waals surface area (Å²) < 4.78 is 5.44. The highest BCUT2D eigenvalue weighted by Crippen LogP contribution is 2.34. The number of carbonyl (C=O) groups excluding carboxylic acids is 1. The molecule has 3 N–H and O–H groups in total. The van der Waals surface area contributed by atoms with E-state index in [1.807, 2.05) is 80.6 Å². The van der Waals surface area contributed by atoms with Crippen molar-refractivity contribution in [2.24, 2.45) is 0 Å². The maximum absolute atomic E-state index is 11.4. The van der Waals surface area contributed by atoms with E-state index in [0.29, 0.717) is 5.69 Å². The summed E-state index contributed by atoms with van der Waals surface area (Å²) in [7, 11) is 1.37. The van der Waals surface area contributed by atoms with Crippen molar-refractivity contribution in [1.82, 2.24) is 9.97 Å². The molecule has 2 aromatic heterocycles. The number of methoxy groups -OCH3 is 1. The number of carboxylic acid groups (broad SMARTS) is 1. The molecule has 2 heterocycles. The Morgan fingerprint density at radius 1 is 0.794 bits per heavy atom. The quantitative estimate of drug-likeness (QED) is 0.227. The molecule has 0 spiro atoms. The second-order valence-corrected chi connectivity index (χ2v) is 8.64. The summed E-state index contributed by atoms with van der Waals surface area (Å²) >= 11 is 3.40. The van der Waals surface area contributed by atoms with Crippen LogP contribution in [0, 0.1) is 13.8 Å². The molecule has 34 heavy (non-hydrogen) atoms. The number of rotatable bonds is 3. The number of para-hydroxylation sites is 2. The van der Waals surface area contributed by atoms with Gasteiger partial charge in [0.15, 0.2) is 0 Å². The molecule has 0 saturated carbocycles. The molecule has 3 aromatic carbocycles. The van der Waals surface area contributed by atoms with Gasteiger partial charge in [-0.3, -0.25) is 0 Å². The molecule has 0 aliphatic heterocycles. The minimum atomic E-state index is -0.936. The average molecular weight is 519 g/mol. The minimum Gasteiger partial charge on any atom is -0.477 e. The number of fused-ring (bicyclic) bond motifs is 2. The largest absolute Gasteiger partial charge is 0.477 e. The highest BCUT2D eigenvalue weighted by Gasteiger charge is 2.19. The molecule has 0 amide bonds. The number of esters is 1. The van der Waals surface area contributed by atoms with Gasteiger partial charge in [0.05, 0.1) is 17.1 Å². The summed E-state index contributed by atoms with van der Waals surface area (Å²) in [5, 5.41) is 11.3. The molecule has 0 bridgehead atoms. The lowest BCUT2D eigenvalue weighted by atomic mass is 10.0. The van der Waals surface area contributed by atoms with Crippen molar-refractivity contribution < 1.29 is 19.4 Å². The van der Waals surface area contributed by atoms with Gasteiger partial charge in [0.2, 0.25) is 0 Å². The van der Waals surface area contributed by atoms with Crippen molar-refractivity contribution in [3.05, 3.63) is 93.7 Å². The Balaban J connectivity index is 0.000000166. The van der Waals surface area contributed by atoms with Crippen LogP contribution in [0.5, 0.6) is 0 Å². The number of H-pyrrole nitrogens is 2. The summed E-state index contributed by atoms with van der Waals surface area (Å²) in [5.74, 6) is -1.30. The maximum Gasteiger partial charge on any atom is 0.355 e. The Morgan fingerprint density at radius 3 is 1.91 bits per heavy atom. The van der Waals surface area contributed by atoms with Crippen molar-refractivity contribution in [2.75, 3.05) is 7.11 Å². The number of aromatic amines is 2. The van der Waals surface area contributed by atoms with E-state index in [1.54, 1.807) is 0 Å². The van der Waals surface area contributed by atoms with Crippen LogP contribution in [-0.2, 0) is 4.74 Å². The number of ether oxygens (including phenoxy) is 1. The molecule has 0 radical (unpaired) electrons. The van der Waals surface area contributed by atoms with Gasteiger partial charge in [0, 0.05) is 21.9 Å². The Bertz CT molecular complexity index is 1520. The number of carbonyl (C=O) groups is 2. The van der Waals surface area contributed by atoms with Gasteiger partial charge < -0.3 is 19.8 Å². The van der Waals surface area contributed by atoms with E-state index >= 15 is 0 Å². The van der Waals surface area contributed by atoms with Gasteiger partial charge >= 0.3 is 11.9 Å². The van der Waals surface area contributed by atoms with Crippen LogP contribution in [0.3, 0.4) is 0 Å². The van der Waals surface area contributed by atoms with E-state index < -0.39 is 5.97 Å². The molecule has 0 saturated heterocycles. The lowest BCUT2D eigenvalue weighted by Gasteiger charge is -2.02. The highest BCUT2D eigenvalue weighted by atomic mass is 79.9. The first kappa shape index (κ1) is 23.3. The first-order valence-electron chi connectivity index (χ1n) is 10.6. The van der Waals surface area contributed by atoms with Crippen molar-refractivity contribution >= 4 is 49.7 Å². The molecule has 0 atom stereocenters. The third-order valence-corrected chi connectivity index (χ3v) is 6.51. The van der Waals surface area contributed by atoms with Crippen LogP contribution < -0.4 is 0 Å². The SMILES string of the molecule is COC(=O)c1[nH]c2c(C)cccc2c1Br.Cc1cccc2c(-c3ccccc3)c(C(=O)O)[nH]c12. The summed E-state index contributed by atoms with van der Waals surface area (Å²) in [4.78, 5) is 29.0. The van der Waals surface area contributed by atoms with Gasteiger partial charge in [0.1, 0.15) is 11.4 Å². The summed E-state index contributed by atoms with van der Waals surface area (Å²) in [5.41, 5.74) is 6.37. The predicted octanol–water partition coefficient (Wildman–Crippen LogP) is 6.87. The van der Waals surface area contributed by atoms with Crippen LogP contribution in [0.15, 0.2) is 71.2 Å². The Morgan fingerprint density at radius 2 is 1.35 bits per heavy atom. The van der Waals surface area contributed by atoms with Crippen molar-refractivity contribution in [1.29, 1.82) is 0 Å². The van der Waals surface area contributed by atoms with Gasteiger partial charge in [-0.05, 0) is 46.5 Å². The number of benzene rings is 3. The van der Waals surface area contributed by atoms with Gasteiger partial charge in [-0.2, -0.15) is 0 Å². The zero-order chi connectivity index (χ0) is 24.4. The minimum absolute atomic E-state index is 0.246. The molecule has 0 aliphatic rings. The van der Waals surface area contributed by atoms with Crippen molar-refractivity contribution in [3.63, 3.8) is 0 Å². The van der Waals surface area contributed by atoms with Gasteiger partial charge in [-0.1, -0.05) is 66.7 Å². The fraction of sp³-hybridized carbons (Fsp3) is 0.111. The molecular weight excluding hydrogens is 496 g/mol. The molecule has 7 heteroatoms. The van der Waals surface area contributed by atoms with E-state index in [4.69, 9.17) is 0 Å². The van der Waals surface area contributed by atoms with Crippen LogP contribution in [0.4, 0.5) is 0 Å². The zero-order valence-electron chi connectivity index (χ0n) is 18.9. The third-order valence-electron chi connectivity index (χ3n) is 5.69. The van der Waals surface area contributed by atoms with E-state index in [-0.39, 0.29) is 11.7 Å². The molecule has 6 nitrogen and oxygen atoms in total. The van der Waals surface area contributed by atoms with Crippen molar-refractivity contribution in [2.45, 2.75) is 13.8 Å². The number of halogens is 1. The Kier molecular flexibility index (Phi) is 6.56. The molecule has 172 valence electrons. The maximum atomic E-state index is 11.4. The lowest BCUT2D eigenvalue weighted by Crippen LogP contribution is -2.01.